The molecule has 16 heavy (non-hydrogen) atoms. The number of hydrogen-bond acceptors (Lipinski definition) is 4. The van der Waals surface area contributed by atoms with Crippen LogP contribution in [0.2, 0.25) is 0 Å². The van der Waals surface area contributed by atoms with Crippen LogP contribution in [0.5, 0.6) is 0 Å². The molecule has 0 aromatic heterocycles. The van der Waals surface area contributed by atoms with Gasteiger partial charge in [0.05, 0.1) is 11.5 Å². The van der Waals surface area contributed by atoms with Crippen LogP contribution in [-0.4, -0.2) is 25.2 Å². The maximum absolute atomic E-state index is 10.7. The van der Waals surface area contributed by atoms with Gasteiger partial charge in [0.15, 0.2) is 0 Å². The number of benzene rings is 1. The molecule has 0 spiro atoms. The highest BCUT2D eigenvalue weighted by Crippen LogP contribution is 2.18. The number of nitro benzene ring substituents is 1. The average molecular weight is 224 g/mol. The molecule has 0 atom stereocenters. The lowest BCUT2D eigenvalue weighted by Crippen LogP contribution is -2.18. The summed E-state index contributed by atoms with van der Waals surface area (Å²) < 4.78 is 4.89. The van der Waals surface area contributed by atoms with E-state index in [4.69, 9.17) is 4.74 Å². The Kier molecular flexibility index (Phi) is 4.88. The number of rotatable bonds is 6. The van der Waals surface area contributed by atoms with Crippen molar-refractivity contribution in [2.45, 2.75) is 13.5 Å². The van der Waals surface area contributed by atoms with Crippen molar-refractivity contribution in [3.8, 4) is 0 Å². The van der Waals surface area contributed by atoms with E-state index in [1.807, 2.05) is 6.07 Å². The predicted molar refractivity (Wildman–Crippen MR) is 61.4 cm³/mol. The van der Waals surface area contributed by atoms with E-state index in [0.717, 1.165) is 12.1 Å². The molecule has 1 aromatic carbocycles. The third-order valence-corrected chi connectivity index (χ3v) is 2.28. The Morgan fingerprint density at radius 2 is 2.25 bits per heavy atom. The van der Waals surface area contributed by atoms with E-state index in [1.165, 1.54) is 0 Å². The van der Waals surface area contributed by atoms with E-state index in [2.05, 4.69) is 5.32 Å². The number of nitro groups is 1. The fraction of sp³-hybridized carbons (Fsp3) is 0.455. The summed E-state index contributed by atoms with van der Waals surface area (Å²) in [5.41, 5.74) is 1.77. The predicted octanol–water partition coefficient (Wildman–Crippen LogP) is 1.64. The molecular weight excluding hydrogens is 208 g/mol. The molecule has 0 unspecified atom stereocenters. The van der Waals surface area contributed by atoms with Crippen molar-refractivity contribution in [3.05, 3.63) is 39.4 Å². The van der Waals surface area contributed by atoms with Crippen LogP contribution < -0.4 is 5.32 Å². The summed E-state index contributed by atoms with van der Waals surface area (Å²) >= 11 is 0. The number of hydrogen-bond donors (Lipinski definition) is 1. The maximum Gasteiger partial charge on any atom is 0.272 e. The van der Waals surface area contributed by atoms with E-state index in [9.17, 15) is 10.1 Å². The van der Waals surface area contributed by atoms with Gasteiger partial charge in [-0.1, -0.05) is 12.1 Å². The van der Waals surface area contributed by atoms with Crippen LogP contribution in [0.15, 0.2) is 18.2 Å². The molecule has 1 aromatic rings. The van der Waals surface area contributed by atoms with Gasteiger partial charge in [0, 0.05) is 31.8 Å². The van der Waals surface area contributed by atoms with Crippen molar-refractivity contribution < 1.29 is 9.66 Å². The van der Waals surface area contributed by atoms with Crippen molar-refractivity contribution in [3.63, 3.8) is 0 Å². The van der Waals surface area contributed by atoms with Gasteiger partial charge in [0.2, 0.25) is 0 Å². The normalized spacial score (nSPS) is 10.4. The number of nitrogens with one attached hydrogen (secondary N) is 1. The molecule has 0 aliphatic heterocycles. The topological polar surface area (TPSA) is 64.4 Å². The second kappa shape index (κ2) is 6.19. The smallest absolute Gasteiger partial charge is 0.272 e. The molecule has 0 saturated carbocycles. The summed E-state index contributed by atoms with van der Waals surface area (Å²) in [5.74, 6) is 0. The van der Waals surface area contributed by atoms with Crippen LogP contribution in [0.25, 0.3) is 0 Å². The van der Waals surface area contributed by atoms with Gasteiger partial charge in [-0.25, -0.2) is 0 Å². The lowest BCUT2D eigenvalue weighted by Gasteiger charge is -2.05. The first-order valence-corrected chi connectivity index (χ1v) is 5.08. The van der Waals surface area contributed by atoms with Crippen molar-refractivity contribution in [2.75, 3.05) is 20.3 Å². The van der Waals surface area contributed by atoms with Crippen LogP contribution in [0.4, 0.5) is 5.69 Å². The summed E-state index contributed by atoms with van der Waals surface area (Å²) in [6.07, 6.45) is 0. The molecule has 0 aliphatic carbocycles. The monoisotopic (exact) mass is 224 g/mol. The molecule has 0 bridgehead atoms. The van der Waals surface area contributed by atoms with E-state index in [0.29, 0.717) is 18.7 Å². The average Bonchev–Trinajstić information content (AvgIpc) is 2.26. The molecule has 5 heteroatoms. The molecule has 0 aliphatic rings. The Morgan fingerprint density at radius 3 is 2.88 bits per heavy atom. The van der Waals surface area contributed by atoms with E-state index in [-0.39, 0.29) is 10.6 Å². The summed E-state index contributed by atoms with van der Waals surface area (Å²) in [6, 6.07) is 5.27. The van der Waals surface area contributed by atoms with E-state index in [1.54, 1.807) is 26.2 Å². The molecule has 0 radical (unpaired) electrons. The van der Waals surface area contributed by atoms with Crippen LogP contribution in [0.3, 0.4) is 0 Å². The van der Waals surface area contributed by atoms with E-state index >= 15 is 0 Å². The summed E-state index contributed by atoms with van der Waals surface area (Å²) in [6.45, 7) is 3.72. The summed E-state index contributed by atoms with van der Waals surface area (Å²) in [4.78, 5) is 10.4. The Morgan fingerprint density at radius 1 is 1.50 bits per heavy atom. The lowest BCUT2D eigenvalue weighted by atomic mass is 10.1. The van der Waals surface area contributed by atoms with Gasteiger partial charge in [-0.3, -0.25) is 10.1 Å². The fourth-order valence-electron chi connectivity index (χ4n) is 1.37. The molecule has 0 amide bonds. The Labute approximate surface area is 94.6 Å². The van der Waals surface area contributed by atoms with E-state index < -0.39 is 0 Å². The molecule has 1 N–H and O–H groups in total. The molecule has 5 nitrogen and oxygen atoms in total. The maximum atomic E-state index is 10.7. The van der Waals surface area contributed by atoms with Gasteiger partial charge in [-0.15, -0.1) is 0 Å². The van der Waals surface area contributed by atoms with Gasteiger partial charge in [-0.05, 0) is 12.5 Å². The first-order chi connectivity index (χ1) is 7.65. The number of ether oxygens (including phenoxy) is 1. The third-order valence-electron chi connectivity index (χ3n) is 2.28. The molecular formula is C11H16N2O3. The van der Waals surface area contributed by atoms with Gasteiger partial charge >= 0.3 is 0 Å². The van der Waals surface area contributed by atoms with Gasteiger partial charge < -0.3 is 10.1 Å². The molecule has 0 heterocycles. The Hall–Kier alpha value is -1.46. The standard InChI is InChI=1S/C11H16N2O3/c1-9-3-4-10(7-11(9)13(14)15)8-12-5-6-16-2/h3-4,7,12H,5-6,8H2,1-2H3. The van der Waals surface area contributed by atoms with Gasteiger partial charge in [-0.2, -0.15) is 0 Å². The molecule has 88 valence electrons. The zero-order chi connectivity index (χ0) is 12.0. The van der Waals surface area contributed by atoms with Crippen molar-refractivity contribution in [2.24, 2.45) is 0 Å². The van der Waals surface area contributed by atoms with Crippen LogP contribution >= 0.6 is 0 Å². The highest BCUT2D eigenvalue weighted by molar-refractivity contribution is 5.42. The van der Waals surface area contributed by atoms with Crippen LogP contribution in [0, 0.1) is 17.0 Å². The zero-order valence-electron chi connectivity index (χ0n) is 9.53. The second-order valence-corrected chi connectivity index (χ2v) is 3.55. The quantitative estimate of drug-likeness (QED) is 0.453. The third kappa shape index (κ3) is 3.60. The van der Waals surface area contributed by atoms with Crippen molar-refractivity contribution in [1.29, 1.82) is 0 Å². The van der Waals surface area contributed by atoms with Gasteiger partial charge in [0.1, 0.15) is 0 Å². The largest absolute Gasteiger partial charge is 0.383 e. The molecule has 0 saturated heterocycles. The van der Waals surface area contributed by atoms with Crippen molar-refractivity contribution >= 4 is 5.69 Å². The second-order valence-electron chi connectivity index (χ2n) is 3.55. The molecule has 0 fully saturated rings. The molecule has 1 rings (SSSR count). The fourth-order valence-corrected chi connectivity index (χ4v) is 1.37. The van der Waals surface area contributed by atoms with Gasteiger partial charge in [0.25, 0.3) is 5.69 Å². The highest BCUT2D eigenvalue weighted by Gasteiger charge is 2.10. The highest BCUT2D eigenvalue weighted by atomic mass is 16.6. The van der Waals surface area contributed by atoms with Crippen molar-refractivity contribution in [1.82, 2.24) is 5.32 Å². The van der Waals surface area contributed by atoms with Crippen LogP contribution in [-0.2, 0) is 11.3 Å². The lowest BCUT2D eigenvalue weighted by molar-refractivity contribution is -0.385. The minimum Gasteiger partial charge on any atom is -0.383 e. The minimum atomic E-state index is -0.353. The van der Waals surface area contributed by atoms with Crippen LogP contribution in [0.1, 0.15) is 11.1 Å². The number of methoxy groups -OCH3 is 1. The number of nitrogens with zero attached hydrogens (tertiary/aromatic N) is 1. The summed E-state index contributed by atoms with van der Waals surface area (Å²) in [5, 5.41) is 13.9. The SMILES string of the molecule is COCCNCc1ccc(C)c([N+](=O)[O-])c1. The first kappa shape index (κ1) is 12.6. The Balaban J connectivity index is 2.61. The minimum absolute atomic E-state index is 0.172. The Bertz CT molecular complexity index is 366. The first-order valence-electron chi connectivity index (χ1n) is 5.08. The zero-order valence-corrected chi connectivity index (χ0v) is 9.53. The number of aryl methyl sites for hydroxylation is 1. The summed E-state index contributed by atoms with van der Waals surface area (Å²) in [7, 11) is 1.64.